The molecule has 0 saturated heterocycles. The molecule has 2 rings (SSSR count). The van der Waals surface area contributed by atoms with E-state index in [1.807, 2.05) is 12.1 Å². The second kappa shape index (κ2) is 6.62. The molecule has 0 bridgehead atoms. The van der Waals surface area contributed by atoms with Crippen LogP contribution < -0.4 is 0 Å². The van der Waals surface area contributed by atoms with Gasteiger partial charge in [-0.3, -0.25) is 0 Å². The summed E-state index contributed by atoms with van der Waals surface area (Å²) in [5, 5.41) is 20.0. The van der Waals surface area contributed by atoms with Gasteiger partial charge in [0.05, 0.1) is 0 Å². The van der Waals surface area contributed by atoms with Crippen molar-refractivity contribution in [2.24, 2.45) is 0 Å². The molecular weight excluding hydrogens is 259 g/mol. The van der Waals surface area contributed by atoms with Crippen LogP contribution in [0.15, 0.2) is 60.7 Å². The maximum Gasteiger partial charge on any atom is 0.217 e. The first kappa shape index (κ1) is 15.9. The van der Waals surface area contributed by atoms with Crippen molar-refractivity contribution >= 4 is 24.8 Å². The van der Waals surface area contributed by atoms with Crippen LogP contribution in [0, 0.1) is 0 Å². The SMILES string of the molecule is Cl.Cl.OC(O)(c1ccccc1)c1ccccc1. The minimum absolute atomic E-state index is 0. The molecule has 17 heavy (non-hydrogen) atoms. The third-order valence-electron chi connectivity index (χ3n) is 2.35. The summed E-state index contributed by atoms with van der Waals surface area (Å²) in [4.78, 5) is 0. The molecule has 92 valence electrons. The van der Waals surface area contributed by atoms with Gasteiger partial charge >= 0.3 is 0 Å². The first-order chi connectivity index (χ1) is 7.21. The molecule has 0 atom stereocenters. The van der Waals surface area contributed by atoms with Crippen LogP contribution in [0.4, 0.5) is 0 Å². The van der Waals surface area contributed by atoms with Crippen molar-refractivity contribution in [3.8, 4) is 0 Å². The molecule has 0 fully saturated rings. The molecule has 0 amide bonds. The minimum atomic E-state index is -1.91. The summed E-state index contributed by atoms with van der Waals surface area (Å²) in [6, 6.07) is 17.5. The Morgan fingerprint density at radius 2 is 0.882 bits per heavy atom. The van der Waals surface area contributed by atoms with E-state index in [9.17, 15) is 10.2 Å². The van der Waals surface area contributed by atoms with Crippen LogP contribution >= 0.6 is 24.8 Å². The van der Waals surface area contributed by atoms with Gasteiger partial charge in [-0.25, -0.2) is 0 Å². The molecule has 2 nitrogen and oxygen atoms in total. The van der Waals surface area contributed by atoms with Gasteiger partial charge < -0.3 is 10.2 Å². The van der Waals surface area contributed by atoms with Gasteiger partial charge in [0.2, 0.25) is 5.79 Å². The van der Waals surface area contributed by atoms with Gasteiger partial charge in [-0.2, -0.15) is 0 Å². The number of aliphatic hydroxyl groups is 2. The predicted molar refractivity (Wildman–Crippen MR) is 72.6 cm³/mol. The monoisotopic (exact) mass is 272 g/mol. The molecule has 4 heteroatoms. The highest BCUT2D eigenvalue weighted by Gasteiger charge is 2.27. The summed E-state index contributed by atoms with van der Waals surface area (Å²) in [7, 11) is 0. The Morgan fingerprint density at radius 1 is 0.588 bits per heavy atom. The van der Waals surface area contributed by atoms with Crippen LogP contribution in [-0.4, -0.2) is 10.2 Å². The Balaban J connectivity index is 0.00000128. The third kappa shape index (κ3) is 3.45. The zero-order valence-electron chi connectivity index (χ0n) is 8.98. The van der Waals surface area contributed by atoms with Gasteiger partial charge in [-0.05, 0) is 0 Å². The standard InChI is InChI=1S/C13H12O2.2ClH/c14-13(15,11-7-3-1-4-8-11)12-9-5-2-6-10-12;;/h1-10,14-15H;2*1H. The first-order valence-corrected chi connectivity index (χ1v) is 4.77. The van der Waals surface area contributed by atoms with Crippen molar-refractivity contribution in [1.29, 1.82) is 0 Å². The predicted octanol–water partition coefficient (Wildman–Crippen LogP) is 2.72. The maximum atomic E-state index is 10.0. The molecule has 0 aliphatic rings. The van der Waals surface area contributed by atoms with Crippen molar-refractivity contribution in [3.63, 3.8) is 0 Å². The molecule has 2 aromatic carbocycles. The molecule has 0 aromatic heterocycles. The second-order valence-electron chi connectivity index (χ2n) is 3.40. The van der Waals surface area contributed by atoms with Gasteiger partial charge in [0.1, 0.15) is 0 Å². The van der Waals surface area contributed by atoms with Crippen molar-refractivity contribution in [2.75, 3.05) is 0 Å². The largest absolute Gasteiger partial charge is 0.358 e. The number of hydrogen-bond acceptors (Lipinski definition) is 2. The van der Waals surface area contributed by atoms with Crippen LogP contribution in [0.1, 0.15) is 11.1 Å². The fourth-order valence-electron chi connectivity index (χ4n) is 1.51. The lowest BCUT2D eigenvalue weighted by Gasteiger charge is -2.22. The molecule has 0 unspecified atom stereocenters. The van der Waals surface area contributed by atoms with Gasteiger partial charge in [0, 0.05) is 11.1 Å². The van der Waals surface area contributed by atoms with Gasteiger partial charge in [-0.15, -0.1) is 24.8 Å². The maximum absolute atomic E-state index is 10.0. The Labute approximate surface area is 113 Å². The van der Waals surface area contributed by atoms with E-state index in [-0.39, 0.29) is 24.8 Å². The number of benzene rings is 2. The second-order valence-corrected chi connectivity index (χ2v) is 3.40. The van der Waals surface area contributed by atoms with E-state index in [0.717, 1.165) is 0 Å². The fraction of sp³-hybridized carbons (Fsp3) is 0.0769. The first-order valence-electron chi connectivity index (χ1n) is 4.77. The Kier molecular flexibility index (Phi) is 6.21. The van der Waals surface area contributed by atoms with E-state index in [0.29, 0.717) is 11.1 Å². The van der Waals surface area contributed by atoms with E-state index < -0.39 is 5.79 Å². The van der Waals surface area contributed by atoms with E-state index in [1.165, 1.54) is 0 Å². The zero-order chi connectivity index (χ0) is 10.7. The van der Waals surface area contributed by atoms with Crippen molar-refractivity contribution in [1.82, 2.24) is 0 Å². The smallest absolute Gasteiger partial charge is 0.217 e. The van der Waals surface area contributed by atoms with Crippen LogP contribution in [0.5, 0.6) is 0 Å². The van der Waals surface area contributed by atoms with Crippen LogP contribution in [0.25, 0.3) is 0 Å². The quantitative estimate of drug-likeness (QED) is 0.826. The highest BCUT2D eigenvalue weighted by atomic mass is 35.5. The Morgan fingerprint density at radius 3 is 1.18 bits per heavy atom. The third-order valence-corrected chi connectivity index (χ3v) is 2.35. The van der Waals surface area contributed by atoms with Crippen LogP contribution in [0.3, 0.4) is 0 Å². The van der Waals surface area contributed by atoms with E-state index >= 15 is 0 Å². The molecule has 2 N–H and O–H groups in total. The van der Waals surface area contributed by atoms with Crippen LogP contribution in [-0.2, 0) is 5.79 Å². The van der Waals surface area contributed by atoms with Crippen LogP contribution in [0.2, 0.25) is 0 Å². The summed E-state index contributed by atoms with van der Waals surface area (Å²) in [6.45, 7) is 0. The van der Waals surface area contributed by atoms with Gasteiger partial charge in [0.15, 0.2) is 0 Å². The average molecular weight is 273 g/mol. The normalized spacial score (nSPS) is 10.0. The number of rotatable bonds is 2. The molecule has 0 heterocycles. The van der Waals surface area contributed by atoms with E-state index in [1.54, 1.807) is 48.5 Å². The van der Waals surface area contributed by atoms with E-state index in [2.05, 4.69) is 0 Å². The van der Waals surface area contributed by atoms with Crippen molar-refractivity contribution in [3.05, 3.63) is 71.8 Å². The lowest BCUT2D eigenvalue weighted by atomic mass is 9.98. The molecule has 2 aromatic rings. The van der Waals surface area contributed by atoms with E-state index in [4.69, 9.17) is 0 Å². The zero-order valence-corrected chi connectivity index (χ0v) is 10.6. The highest BCUT2D eigenvalue weighted by Crippen LogP contribution is 2.25. The van der Waals surface area contributed by atoms with Gasteiger partial charge in [-0.1, -0.05) is 60.7 Å². The minimum Gasteiger partial charge on any atom is -0.358 e. The molecule has 0 aliphatic heterocycles. The molecule has 0 radical (unpaired) electrons. The van der Waals surface area contributed by atoms with Crippen molar-refractivity contribution in [2.45, 2.75) is 5.79 Å². The topological polar surface area (TPSA) is 40.5 Å². The Hall–Kier alpha value is -1.06. The highest BCUT2D eigenvalue weighted by molar-refractivity contribution is 5.85. The molecule has 0 aliphatic carbocycles. The number of hydrogen-bond donors (Lipinski definition) is 2. The molecule has 0 spiro atoms. The molecule has 0 saturated carbocycles. The van der Waals surface area contributed by atoms with Crippen molar-refractivity contribution < 1.29 is 10.2 Å². The lowest BCUT2D eigenvalue weighted by molar-refractivity contribution is -0.132. The summed E-state index contributed by atoms with van der Waals surface area (Å²) < 4.78 is 0. The summed E-state index contributed by atoms with van der Waals surface area (Å²) in [5.74, 6) is -1.91. The summed E-state index contributed by atoms with van der Waals surface area (Å²) >= 11 is 0. The fourth-order valence-corrected chi connectivity index (χ4v) is 1.51. The number of halogens is 2. The Bertz CT molecular complexity index is 388. The lowest BCUT2D eigenvalue weighted by Crippen LogP contribution is -2.26. The molecular formula is C13H14Cl2O2. The van der Waals surface area contributed by atoms with Gasteiger partial charge in [0.25, 0.3) is 0 Å². The summed E-state index contributed by atoms with van der Waals surface area (Å²) in [6.07, 6.45) is 0. The average Bonchev–Trinajstić information content (AvgIpc) is 2.31. The summed E-state index contributed by atoms with van der Waals surface area (Å²) in [5.41, 5.74) is 0.937.